The van der Waals surface area contributed by atoms with E-state index in [4.69, 9.17) is 33.7 Å². The molecule has 14 nitrogen and oxygen atoms in total. The molecule has 3 aromatic rings. The van der Waals surface area contributed by atoms with Gasteiger partial charge in [0.25, 0.3) is 0 Å². The number of fused-ring (bicyclic) bond motifs is 2. The summed E-state index contributed by atoms with van der Waals surface area (Å²) in [7, 11) is -4.28. The molecule has 0 spiro atoms. The van der Waals surface area contributed by atoms with Crippen LogP contribution in [0.25, 0.3) is 5.52 Å². The summed E-state index contributed by atoms with van der Waals surface area (Å²) in [6.45, 7) is 14.8. The molecule has 4 heterocycles. The molecule has 3 N–H and O–H groups in total. The highest BCUT2D eigenvalue weighted by molar-refractivity contribution is 7.52. The number of nitrogens with two attached hydrogens (primary N) is 1. The van der Waals surface area contributed by atoms with E-state index in [-0.39, 0.29) is 36.1 Å². The van der Waals surface area contributed by atoms with Gasteiger partial charge in [0, 0.05) is 0 Å². The SMILES string of the molecule is CC(C)COC(=O)[C@H](C)NP(=O)(OC[C@H]1O[C@@](C#N)(c2ccc3c(N)ncnn23)[C@@H]2OC(C)(C)O[C@@H]21)Oc1ccc(C(C)(C)C)cc1. The fraction of sp³-hybridized carbons (Fsp3) is 0.562. The number of benzene rings is 1. The zero-order chi connectivity index (χ0) is 34.4. The van der Waals surface area contributed by atoms with Gasteiger partial charge in [-0.15, -0.1) is 0 Å². The van der Waals surface area contributed by atoms with Gasteiger partial charge >= 0.3 is 13.7 Å². The van der Waals surface area contributed by atoms with Crippen LogP contribution in [0.2, 0.25) is 0 Å². The van der Waals surface area contributed by atoms with Crippen molar-refractivity contribution in [2.75, 3.05) is 18.9 Å². The number of nitrogen functional groups attached to an aromatic ring is 1. The Morgan fingerprint density at radius 2 is 1.85 bits per heavy atom. The summed E-state index contributed by atoms with van der Waals surface area (Å²) < 4.78 is 52.0. The number of hydrogen-bond acceptors (Lipinski definition) is 12. The maximum atomic E-state index is 14.4. The van der Waals surface area contributed by atoms with Crippen molar-refractivity contribution in [3.05, 3.63) is 54.0 Å². The molecule has 2 aromatic heterocycles. The van der Waals surface area contributed by atoms with Crippen LogP contribution in [-0.2, 0) is 43.8 Å². The van der Waals surface area contributed by atoms with E-state index >= 15 is 0 Å². The second-order valence-corrected chi connectivity index (χ2v) is 15.4. The molecule has 6 atom stereocenters. The quantitative estimate of drug-likeness (QED) is 0.213. The molecule has 0 radical (unpaired) electrons. The van der Waals surface area contributed by atoms with Crippen LogP contribution in [0.1, 0.15) is 66.6 Å². The second-order valence-electron chi connectivity index (χ2n) is 13.7. The number of rotatable bonds is 11. The van der Waals surface area contributed by atoms with E-state index in [1.54, 1.807) is 38.1 Å². The second kappa shape index (κ2) is 12.8. The number of ether oxygens (including phenoxy) is 4. The number of anilines is 1. The lowest BCUT2D eigenvalue weighted by Crippen LogP contribution is -2.40. The van der Waals surface area contributed by atoms with Crippen molar-refractivity contribution in [1.29, 1.82) is 5.26 Å². The predicted octanol–water partition coefficient (Wildman–Crippen LogP) is 4.63. The number of nitrogens with one attached hydrogen (secondary N) is 1. The molecule has 0 bridgehead atoms. The maximum absolute atomic E-state index is 14.4. The number of nitriles is 1. The van der Waals surface area contributed by atoms with Crippen LogP contribution in [0.3, 0.4) is 0 Å². The number of carbonyl (C=O) groups is 1. The van der Waals surface area contributed by atoms with E-state index in [9.17, 15) is 14.6 Å². The molecule has 2 aliphatic rings. The fourth-order valence-electron chi connectivity index (χ4n) is 5.54. The third-order valence-corrected chi connectivity index (χ3v) is 9.52. The maximum Gasteiger partial charge on any atom is 0.459 e. The van der Waals surface area contributed by atoms with Gasteiger partial charge in [-0.3, -0.25) is 9.32 Å². The zero-order valence-corrected chi connectivity index (χ0v) is 28.8. The summed E-state index contributed by atoms with van der Waals surface area (Å²) in [5, 5.41) is 17.6. The molecule has 2 fully saturated rings. The van der Waals surface area contributed by atoms with E-state index in [1.807, 2.05) is 26.0 Å². The summed E-state index contributed by atoms with van der Waals surface area (Å²) >= 11 is 0. The first-order chi connectivity index (χ1) is 22.0. The van der Waals surface area contributed by atoms with Gasteiger partial charge in [0.1, 0.15) is 48.0 Å². The fourth-order valence-corrected chi connectivity index (χ4v) is 7.05. The Kier molecular flexibility index (Phi) is 9.47. The topological polar surface area (TPSA) is 182 Å². The van der Waals surface area contributed by atoms with Crippen LogP contribution >= 0.6 is 7.75 Å². The number of aromatic nitrogens is 3. The van der Waals surface area contributed by atoms with Gasteiger partial charge in [-0.05, 0) is 61.9 Å². The van der Waals surface area contributed by atoms with Gasteiger partial charge in [0.05, 0.1) is 18.9 Å². The highest BCUT2D eigenvalue weighted by atomic mass is 31.2. The monoisotopic (exact) mass is 670 g/mol. The first-order valence-electron chi connectivity index (χ1n) is 15.5. The average Bonchev–Trinajstić information content (AvgIpc) is 3.65. The Bertz CT molecular complexity index is 1700. The minimum Gasteiger partial charge on any atom is -0.464 e. The van der Waals surface area contributed by atoms with E-state index < -0.39 is 49.5 Å². The largest absolute Gasteiger partial charge is 0.464 e. The Labute approximate surface area is 274 Å². The lowest BCUT2D eigenvalue weighted by atomic mass is 9.87. The zero-order valence-electron chi connectivity index (χ0n) is 27.9. The average molecular weight is 671 g/mol. The lowest BCUT2D eigenvalue weighted by molar-refractivity contribution is -0.204. The molecule has 2 aliphatic heterocycles. The number of hydrogen-bond donors (Lipinski definition) is 2. The van der Waals surface area contributed by atoms with Gasteiger partial charge < -0.3 is 29.2 Å². The first-order valence-corrected chi connectivity index (χ1v) is 17.0. The van der Waals surface area contributed by atoms with Crippen LogP contribution in [0.15, 0.2) is 42.7 Å². The Hall–Kier alpha value is -3.57. The Morgan fingerprint density at radius 3 is 2.49 bits per heavy atom. The van der Waals surface area contributed by atoms with E-state index in [2.05, 4.69) is 42.0 Å². The molecule has 2 saturated heterocycles. The van der Waals surface area contributed by atoms with Gasteiger partial charge in [0.15, 0.2) is 11.6 Å². The van der Waals surface area contributed by atoms with Crippen LogP contribution in [0.4, 0.5) is 5.82 Å². The minimum atomic E-state index is -4.28. The molecular formula is C32H43N6O8P. The molecule has 5 rings (SSSR count). The van der Waals surface area contributed by atoms with Gasteiger partial charge in [-0.1, -0.05) is 46.8 Å². The lowest BCUT2D eigenvalue weighted by Gasteiger charge is -2.29. The molecule has 254 valence electrons. The van der Waals surface area contributed by atoms with E-state index in [0.29, 0.717) is 11.2 Å². The summed E-state index contributed by atoms with van der Waals surface area (Å²) in [5.41, 5.74) is 6.10. The molecule has 1 aromatic carbocycles. The smallest absolute Gasteiger partial charge is 0.459 e. The Morgan fingerprint density at radius 1 is 1.15 bits per heavy atom. The summed E-state index contributed by atoms with van der Waals surface area (Å²) in [6, 6.07) is 11.7. The number of carbonyl (C=O) groups excluding carboxylic acids is 1. The van der Waals surface area contributed by atoms with Crippen molar-refractivity contribution in [1.82, 2.24) is 19.7 Å². The molecule has 0 aliphatic carbocycles. The normalized spacial score (nSPS) is 25.7. The van der Waals surface area contributed by atoms with Crippen molar-refractivity contribution in [2.24, 2.45) is 5.92 Å². The number of nitrogens with zero attached hydrogens (tertiary/aromatic N) is 4. The van der Waals surface area contributed by atoms with Crippen molar-refractivity contribution in [2.45, 2.75) is 96.5 Å². The highest BCUT2D eigenvalue weighted by Crippen LogP contribution is 2.51. The first kappa shape index (κ1) is 34.8. The molecule has 15 heteroatoms. The van der Waals surface area contributed by atoms with Crippen LogP contribution in [0.5, 0.6) is 5.75 Å². The number of esters is 1. The predicted molar refractivity (Wildman–Crippen MR) is 171 cm³/mol. The summed E-state index contributed by atoms with van der Waals surface area (Å²) in [5.74, 6) is -1.11. The third-order valence-electron chi connectivity index (χ3n) is 7.88. The van der Waals surface area contributed by atoms with Crippen molar-refractivity contribution in [3.8, 4) is 11.8 Å². The van der Waals surface area contributed by atoms with Gasteiger partial charge in [0.2, 0.25) is 5.60 Å². The Balaban J connectivity index is 1.44. The van der Waals surface area contributed by atoms with Crippen LogP contribution in [0, 0.1) is 17.2 Å². The molecular weight excluding hydrogens is 627 g/mol. The van der Waals surface area contributed by atoms with E-state index in [1.165, 1.54) is 17.8 Å². The summed E-state index contributed by atoms with van der Waals surface area (Å²) in [6.07, 6.45) is -1.42. The molecule has 0 amide bonds. The van der Waals surface area contributed by atoms with Crippen molar-refractivity contribution in [3.63, 3.8) is 0 Å². The van der Waals surface area contributed by atoms with Gasteiger partial charge in [-0.2, -0.15) is 15.4 Å². The third kappa shape index (κ3) is 7.16. The minimum absolute atomic E-state index is 0.109. The molecule has 0 saturated carbocycles. The standard InChI is InChI=1S/C32H43N6O8P/c1-19(2)15-41-29(39)20(3)37-47(40,46-22-11-9-21(10-12-22)30(4,5)6)42-16-24-26-27(45-31(7,8)44-26)32(17-33,43-24)25-14-13-23-28(34)35-18-36-38(23)25/h9-14,18-20,24,26-27H,15-16H2,1-8H3,(H,37,40)(H2,34,35,36)/t20-,24+,26+,27+,32-,47?/m0/s1. The van der Waals surface area contributed by atoms with Crippen LogP contribution in [-0.4, -0.2) is 63.9 Å². The van der Waals surface area contributed by atoms with Crippen molar-refractivity contribution < 1.29 is 37.4 Å². The molecule has 1 unspecified atom stereocenters. The van der Waals surface area contributed by atoms with Gasteiger partial charge in [-0.25, -0.2) is 14.1 Å². The molecule has 47 heavy (non-hydrogen) atoms. The van der Waals surface area contributed by atoms with E-state index in [0.717, 1.165) is 5.56 Å². The highest BCUT2D eigenvalue weighted by Gasteiger charge is 2.65. The van der Waals surface area contributed by atoms with Crippen molar-refractivity contribution >= 4 is 25.1 Å². The summed E-state index contributed by atoms with van der Waals surface area (Å²) in [4.78, 5) is 16.8. The van der Waals surface area contributed by atoms with Crippen LogP contribution < -0.4 is 15.3 Å².